The average molecular weight is 168 g/mol. The Bertz CT molecular complexity index is 443. The Balaban J connectivity index is 3.04. The van der Waals surface area contributed by atoms with Crippen LogP contribution in [-0.2, 0) is 0 Å². The summed E-state index contributed by atoms with van der Waals surface area (Å²) >= 11 is 4.69. The van der Waals surface area contributed by atoms with Gasteiger partial charge in [0.1, 0.15) is 5.52 Å². The highest BCUT2D eigenvalue weighted by Gasteiger charge is 1.99. The second-order valence-electron chi connectivity index (χ2n) is 2.23. The number of hydrogen-bond donors (Lipinski definition) is 1. The van der Waals surface area contributed by atoms with E-state index < -0.39 is 0 Å². The molecule has 0 bridgehead atoms. The van der Waals surface area contributed by atoms with E-state index in [1.54, 1.807) is 18.2 Å². The highest BCUT2D eigenvalue weighted by Crippen LogP contribution is 2.12. The van der Waals surface area contributed by atoms with Crippen LogP contribution in [0.2, 0.25) is 0 Å². The minimum absolute atomic E-state index is 0.103. The van der Waals surface area contributed by atoms with Gasteiger partial charge >= 0.3 is 0 Å². The number of hydrogen-bond acceptors (Lipinski definition) is 1. The summed E-state index contributed by atoms with van der Waals surface area (Å²) in [5.41, 5.74) is 1.21. The van der Waals surface area contributed by atoms with Gasteiger partial charge in [0.25, 0.3) is 0 Å². The Morgan fingerprint density at radius 3 is 2.82 bits per heavy atom. The summed E-state index contributed by atoms with van der Waals surface area (Å²) in [6.07, 6.45) is 0. The van der Waals surface area contributed by atoms with E-state index in [1.807, 2.05) is 6.07 Å². The molecule has 1 aromatic carbocycles. The van der Waals surface area contributed by atoms with Gasteiger partial charge in [-0.3, -0.25) is 0 Å². The molecule has 1 heterocycles. The quantitative estimate of drug-likeness (QED) is 0.599. The molecular formula is C7H5FN2S. The fourth-order valence-electron chi connectivity index (χ4n) is 1.02. The molecule has 0 saturated carbocycles. The van der Waals surface area contributed by atoms with Gasteiger partial charge in [0.15, 0.2) is 0 Å². The number of H-pyrrole nitrogens is 1. The van der Waals surface area contributed by atoms with Crippen LogP contribution < -0.4 is 0 Å². The second kappa shape index (κ2) is 2.17. The predicted molar refractivity (Wildman–Crippen MR) is 43.6 cm³/mol. The highest BCUT2D eigenvalue weighted by atomic mass is 32.1. The van der Waals surface area contributed by atoms with Crippen molar-refractivity contribution in [3.63, 3.8) is 0 Å². The van der Waals surface area contributed by atoms with Gasteiger partial charge in [-0.15, -0.1) is 0 Å². The van der Waals surface area contributed by atoms with E-state index in [-0.39, 0.29) is 4.77 Å². The van der Waals surface area contributed by atoms with E-state index in [0.717, 1.165) is 5.52 Å². The van der Waals surface area contributed by atoms with Gasteiger partial charge in [0.2, 0.25) is 4.77 Å². The normalized spacial score (nSPS) is 10.6. The molecule has 0 atom stereocenters. The first-order valence-corrected chi connectivity index (χ1v) is 3.56. The molecule has 1 aromatic heterocycles. The first-order chi connectivity index (χ1) is 5.29. The van der Waals surface area contributed by atoms with Gasteiger partial charge < -0.3 is 4.98 Å². The first-order valence-electron chi connectivity index (χ1n) is 3.15. The molecule has 0 aliphatic carbocycles. The maximum atomic E-state index is 12.9. The topological polar surface area (TPSA) is 20.7 Å². The van der Waals surface area contributed by atoms with Crippen molar-refractivity contribution in [1.82, 2.24) is 9.77 Å². The van der Waals surface area contributed by atoms with E-state index in [2.05, 4.69) is 17.2 Å². The van der Waals surface area contributed by atoms with Gasteiger partial charge in [-0.05, 0) is 24.4 Å². The van der Waals surface area contributed by atoms with Crippen molar-refractivity contribution in [1.29, 1.82) is 0 Å². The molecule has 0 spiro atoms. The Labute approximate surface area is 67.2 Å². The maximum Gasteiger partial charge on any atom is 0.207 e. The zero-order valence-electron chi connectivity index (χ0n) is 5.54. The predicted octanol–water partition coefficient (Wildman–Crippen LogP) is 2.43. The number of imidazole rings is 1. The molecule has 0 radical (unpaired) electrons. The van der Waals surface area contributed by atoms with Crippen LogP contribution in [0.5, 0.6) is 0 Å². The number of nitrogens with one attached hydrogen (secondary N) is 1. The minimum Gasteiger partial charge on any atom is -0.329 e. The van der Waals surface area contributed by atoms with Crippen LogP contribution in [0.25, 0.3) is 11.0 Å². The Morgan fingerprint density at radius 1 is 1.36 bits per heavy atom. The smallest absolute Gasteiger partial charge is 0.207 e. The minimum atomic E-state index is 0.103. The third-order valence-electron chi connectivity index (χ3n) is 1.54. The summed E-state index contributed by atoms with van der Waals surface area (Å²) in [7, 11) is 0. The van der Waals surface area contributed by atoms with Crippen LogP contribution in [-0.4, -0.2) is 9.77 Å². The molecule has 0 aliphatic heterocycles. The van der Waals surface area contributed by atoms with Crippen LogP contribution in [0.1, 0.15) is 0 Å². The fraction of sp³-hybridized carbons (Fsp3) is 0. The SMILES string of the molecule is Fn1c(=S)[nH]c2ccccc21. The van der Waals surface area contributed by atoms with Crippen LogP contribution in [0.15, 0.2) is 24.3 Å². The molecular weight excluding hydrogens is 163 g/mol. The molecule has 0 fully saturated rings. The number of nitrogens with zero attached hydrogens (tertiary/aromatic N) is 1. The van der Waals surface area contributed by atoms with Crippen molar-refractivity contribution in [2.24, 2.45) is 0 Å². The largest absolute Gasteiger partial charge is 0.329 e. The highest BCUT2D eigenvalue weighted by molar-refractivity contribution is 7.71. The second-order valence-corrected chi connectivity index (χ2v) is 2.61. The van der Waals surface area contributed by atoms with Crippen molar-refractivity contribution in [2.45, 2.75) is 0 Å². The van der Waals surface area contributed by atoms with Crippen molar-refractivity contribution in [3.05, 3.63) is 29.0 Å². The molecule has 0 aliphatic rings. The number of benzene rings is 1. The molecule has 0 unspecified atom stereocenters. The molecule has 0 amide bonds. The van der Waals surface area contributed by atoms with Crippen LogP contribution in [0.3, 0.4) is 0 Å². The number of aromatic nitrogens is 2. The van der Waals surface area contributed by atoms with Gasteiger partial charge in [-0.2, -0.15) is 4.79 Å². The van der Waals surface area contributed by atoms with Gasteiger partial charge in [-0.1, -0.05) is 16.6 Å². The summed E-state index contributed by atoms with van der Waals surface area (Å²) < 4.78 is 13.0. The molecule has 4 heteroatoms. The number of para-hydroxylation sites is 2. The van der Waals surface area contributed by atoms with Crippen molar-refractivity contribution >= 4 is 23.3 Å². The molecule has 0 saturated heterocycles. The first kappa shape index (κ1) is 6.54. The number of aromatic amines is 1. The van der Waals surface area contributed by atoms with E-state index in [0.29, 0.717) is 10.3 Å². The van der Waals surface area contributed by atoms with Gasteiger partial charge in [0, 0.05) is 0 Å². The molecule has 2 aromatic rings. The van der Waals surface area contributed by atoms with Crippen LogP contribution in [0.4, 0.5) is 4.48 Å². The summed E-state index contributed by atoms with van der Waals surface area (Å²) in [6.45, 7) is 0. The van der Waals surface area contributed by atoms with Crippen molar-refractivity contribution < 1.29 is 4.48 Å². The van der Waals surface area contributed by atoms with E-state index in [1.165, 1.54) is 0 Å². The third kappa shape index (κ3) is 0.867. The lowest BCUT2D eigenvalue weighted by molar-refractivity contribution is 0.378. The number of fused-ring (bicyclic) bond motifs is 1. The van der Waals surface area contributed by atoms with Gasteiger partial charge in [0.05, 0.1) is 5.52 Å². The average Bonchev–Trinajstić information content (AvgIpc) is 2.30. The standard InChI is InChI=1S/C7H5FN2S/c8-10-6-4-2-1-3-5(6)9-7(10)11/h1-4H,(H,9,11). The number of rotatable bonds is 0. The molecule has 11 heavy (non-hydrogen) atoms. The zero-order valence-corrected chi connectivity index (χ0v) is 6.36. The summed E-state index contributed by atoms with van der Waals surface area (Å²) in [5, 5.41) is 0. The van der Waals surface area contributed by atoms with Crippen LogP contribution in [0, 0.1) is 4.77 Å². The van der Waals surface area contributed by atoms with Gasteiger partial charge in [-0.25, -0.2) is 0 Å². The molecule has 2 nitrogen and oxygen atoms in total. The fourth-order valence-corrected chi connectivity index (χ4v) is 1.23. The Kier molecular flexibility index (Phi) is 1.29. The third-order valence-corrected chi connectivity index (χ3v) is 1.80. The summed E-state index contributed by atoms with van der Waals surface area (Å²) in [4.78, 5) is 3.19. The van der Waals surface area contributed by atoms with Crippen LogP contribution >= 0.6 is 12.2 Å². The lowest BCUT2D eigenvalue weighted by Crippen LogP contribution is -1.78. The van der Waals surface area contributed by atoms with Crippen molar-refractivity contribution in [3.8, 4) is 0 Å². The lowest BCUT2D eigenvalue weighted by atomic mass is 10.3. The summed E-state index contributed by atoms with van der Waals surface area (Å²) in [5.74, 6) is 0. The Morgan fingerprint density at radius 2 is 2.09 bits per heavy atom. The molecule has 2 rings (SSSR count). The lowest BCUT2D eigenvalue weighted by Gasteiger charge is -1.86. The molecule has 56 valence electrons. The zero-order chi connectivity index (χ0) is 7.84. The summed E-state index contributed by atoms with van der Waals surface area (Å²) in [6, 6.07) is 7.04. The maximum absolute atomic E-state index is 12.9. The van der Waals surface area contributed by atoms with E-state index in [9.17, 15) is 4.48 Å². The van der Waals surface area contributed by atoms with E-state index >= 15 is 0 Å². The molecule has 1 N–H and O–H groups in total. The monoisotopic (exact) mass is 168 g/mol. The Hall–Kier alpha value is -1.16. The van der Waals surface area contributed by atoms with Crippen molar-refractivity contribution in [2.75, 3.05) is 0 Å². The number of halogens is 1. The van der Waals surface area contributed by atoms with E-state index in [4.69, 9.17) is 0 Å².